The van der Waals surface area contributed by atoms with Gasteiger partial charge < -0.3 is 9.47 Å². The standard InChI is InChI=1S/C28H27F3O2/c1-2-3-4-21-17-32-28(33-18-21)12-8-20-6-10-22(25(29)14-20)9-5-19-7-11-23-15-26(30)27(31)16-24(23)13-19/h6-7,10-11,13-16,21,28H,2-4,8,12,17-18H2,1H3. The van der Waals surface area contributed by atoms with E-state index in [1.165, 1.54) is 18.9 Å². The molecule has 33 heavy (non-hydrogen) atoms. The third kappa shape index (κ3) is 6.16. The minimum absolute atomic E-state index is 0.239. The van der Waals surface area contributed by atoms with Crippen LogP contribution < -0.4 is 0 Å². The summed E-state index contributed by atoms with van der Waals surface area (Å²) >= 11 is 0. The Balaban J connectivity index is 1.35. The maximum absolute atomic E-state index is 14.6. The van der Waals surface area contributed by atoms with Gasteiger partial charge in [-0.25, -0.2) is 13.2 Å². The number of fused-ring (bicyclic) bond motifs is 1. The molecule has 0 atom stereocenters. The van der Waals surface area contributed by atoms with E-state index in [-0.39, 0.29) is 17.7 Å². The Morgan fingerprint density at radius 1 is 0.818 bits per heavy atom. The Morgan fingerprint density at radius 3 is 2.30 bits per heavy atom. The van der Waals surface area contributed by atoms with E-state index in [1.807, 2.05) is 6.07 Å². The third-order valence-electron chi connectivity index (χ3n) is 5.92. The van der Waals surface area contributed by atoms with Crippen LogP contribution in [0, 0.1) is 35.2 Å². The molecule has 1 aliphatic rings. The molecule has 172 valence electrons. The van der Waals surface area contributed by atoms with E-state index in [9.17, 15) is 13.2 Å². The first-order valence-electron chi connectivity index (χ1n) is 11.4. The molecule has 0 N–H and O–H groups in total. The van der Waals surface area contributed by atoms with Gasteiger partial charge in [0.1, 0.15) is 5.82 Å². The molecule has 4 rings (SSSR count). The molecule has 0 radical (unpaired) electrons. The van der Waals surface area contributed by atoms with Gasteiger partial charge in [0.25, 0.3) is 0 Å². The lowest BCUT2D eigenvalue weighted by molar-refractivity contribution is -0.203. The van der Waals surface area contributed by atoms with Gasteiger partial charge >= 0.3 is 0 Å². The fraction of sp³-hybridized carbons (Fsp3) is 0.357. The number of hydrogen-bond donors (Lipinski definition) is 0. The second-order valence-electron chi connectivity index (χ2n) is 8.54. The van der Waals surface area contributed by atoms with Crippen molar-refractivity contribution < 1.29 is 22.6 Å². The zero-order valence-electron chi connectivity index (χ0n) is 18.7. The molecular weight excluding hydrogens is 425 g/mol. The predicted octanol–water partition coefficient (Wildman–Crippen LogP) is 6.77. The molecule has 3 aromatic carbocycles. The van der Waals surface area contributed by atoms with Gasteiger partial charge in [0.15, 0.2) is 17.9 Å². The predicted molar refractivity (Wildman–Crippen MR) is 123 cm³/mol. The second-order valence-corrected chi connectivity index (χ2v) is 8.54. The van der Waals surface area contributed by atoms with Gasteiger partial charge in [-0.3, -0.25) is 0 Å². The van der Waals surface area contributed by atoms with Crippen LogP contribution in [0.15, 0.2) is 48.5 Å². The van der Waals surface area contributed by atoms with Crippen molar-refractivity contribution in [3.63, 3.8) is 0 Å². The smallest absolute Gasteiger partial charge is 0.159 e. The van der Waals surface area contributed by atoms with Crippen molar-refractivity contribution in [1.82, 2.24) is 0 Å². The van der Waals surface area contributed by atoms with Crippen molar-refractivity contribution in [2.45, 2.75) is 45.3 Å². The second kappa shape index (κ2) is 10.9. The highest BCUT2D eigenvalue weighted by atomic mass is 19.2. The average Bonchev–Trinajstić information content (AvgIpc) is 2.82. The molecule has 1 fully saturated rings. The number of unbranched alkanes of at least 4 members (excludes halogenated alkanes) is 1. The molecule has 1 heterocycles. The molecule has 5 heteroatoms. The van der Waals surface area contributed by atoms with Gasteiger partial charge in [-0.2, -0.15) is 0 Å². The van der Waals surface area contributed by atoms with Crippen LogP contribution in [-0.2, 0) is 15.9 Å². The van der Waals surface area contributed by atoms with E-state index in [0.717, 1.165) is 37.3 Å². The highest BCUT2D eigenvalue weighted by molar-refractivity contribution is 5.84. The molecule has 0 bridgehead atoms. The molecule has 3 aromatic rings. The number of rotatable bonds is 6. The van der Waals surface area contributed by atoms with Crippen molar-refractivity contribution in [3.05, 3.63) is 82.7 Å². The summed E-state index contributed by atoms with van der Waals surface area (Å²) in [7, 11) is 0. The van der Waals surface area contributed by atoms with E-state index in [2.05, 4.69) is 18.8 Å². The normalized spacial score (nSPS) is 18.2. The maximum Gasteiger partial charge on any atom is 0.159 e. The lowest BCUT2D eigenvalue weighted by atomic mass is 10.0. The average molecular weight is 453 g/mol. The topological polar surface area (TPSA) is 18.5 Å². The lowest BCUT2D eigenvalue weighted by Crippen LogP contribution is -2.32. The van der Waals surface area contributed by atoms with Crippen LogP contribution in [-0.4, -0.2) is 19.5 Å². The summed E-state index contributed by atoms with van der Waals surface area (Å²) in [6.45, 7) is 3.63. The first-order valence-corrected chi connectivity index (χ1v) is 11.4. The number of aryl methyl sites for hydroxylation is 1. The molecular formula is C28H27F3O2. The van der Waals surface area contributed by atoms with Crippen molar-refractivity contribution >= 4 is 10.8 Å². The summed E-state index contributed by atoms with van der Waals surface area (Å²) in [6, 6.07) is 12.3. The Kier molecular flexibility index (Phi) is 7.69. The van der Waals surface area contributed by atoms with Crippen molar-refractivity contribution in [1.29, 1.82) is 0 Å². The number of hydrogen-bond acceptors (Lipinski definition) is 2. The van der Waals surface area contributed by atoms with Gasteiger partial charge in [-0.1, -0.05) is 43.7 Å². The maximum atomic E-state index is 14.6. The summed E-state index contributed by atoms with van der Waals surface area (Å²) in [5, 5.41) is 1.12. The van der Waals surface area contributed by atoms with Gasteiger partial charge in [0.2, 0.25) is 0 Å². The summed E-state index contributed by atoms with van der Waals surface area (Å²) < 4.78 is 53.1. The molecule has 0 unspecified atom stereocenters. The van der Waals surface area contributed by atoms with E-state index < -0.39 is 11.6 Å². The van der Waals surface area contributed by atoms with Crippen LogP contribution in [0.4, 0.5) is 13.2 Å². The summed E-state index contributed by atoms with van der Waals surface area (Å²) in [5.41, 5.74) is 1.75. The monoisotopic (exact) mass is 452 g/mol. The first kappa shape index (κ1) is 23.4. The van der Waals surface area contributed by atoms with E-state index >= 15 is 0 Å². The zero-order valence-corrected chi connectivity index (χ0v) is 18.7. The highest BCUT2D eigenvalue weighted by Gasteiger charge is 2.21. The molecule has 0 amide bonds. The van der Waals surface area contributed by atoms with E-state index in [1.54, 1.807) is 24.3 Å². The molecule has 0 saturated carbocycles. The zero-order chi connectivity index (χ0) is 23.2. The lowest BCUT2D eigenvalue weighted by Gasteiger charge is -2.29. The molecule has 1 saturated heterocycles. The summed E-state index contributed by atoms with van der Waals surface area (Å²) in [5.74, 6) is 4.02. The van der Waals surface area contributed by atoms with Crippen LogP contribution in [0.3, 0.4) is 0 Å². The quantitative estimate of drug-likeness (QED) is 0.384. The van der Waals surface area contributed by atoms with Crippen LogP contribution in [0.25, 0.3) is 10.8 Å². The Morgan fingerprint density at radius 2 is 1.58 bits per heavy atom. The summed E-state index contributed by atoms with van der Waals surface area (Å²) in [4.78, 5) is 0. The Labute approximate surface area is 192 Å². The summed E-state index contributed by atoms with van der Waals surface area (Å²) in [6.07, 6.45) is 4.59. The Bertz CT molecular complexity index is 1170. The molecule has 1 aliphatic heterocycles. The number of benzene rings is 3. The van der Waals surface area contributed by atoms with Crippen LogP contribution in [0.2, 0.25) is 0 Å². The van der Waals surface area contributed by atoms with Gasteiger partial charge in [-0.05, 0) is 65.6 Å². The van der Waals surface area contributed by atoms with Crippen LogP contribution in [0.5, 0.6) is 0 Å². The minimum atomic E-state index is -0.908. The minimum Gasteiger partial charge on any atom is -0.352 e. The van der Waals surface area contributed by atoms with Gasteiger partial charge in [-0.15, -0.1) is 0 Å². The van der Waals surface area contributed by atoms with Crippen molar-refractivity contribution in [2.24, 2.45) is 5.92 Å². The van der Waals surface area contributed by atoms with Gasteiger partial charge in [0.05, 0.1) is 18.8 Å². The SMILES string of the molecule is CCCCC1COC(CCc2ccc(C#Cc3ccc4cc(F)c(F)cc4c3)c(F)c2)OC1. The number of halogens is 3. The fourth-order valence-corrected chi connectivity index (χ4v) is 3.97. The number of ether oxygens (including phenoxy) is 2. The van der Waals surface area contributed by atoms with Crippen LogP contribution >= 0.6 is 0 Å². The molecule has 0 aromatic heterocycles. The van der Waals surface area contributed by atoms with E-state index in [4.69, 9.17) is 9.47 Å². The third-order valence-corrected chi connectivity index (χ3v) is 5.92. The molecule has 0 aliphatic carbocycles. The fourth-order valence-electron chi connectivity index (χ4n) is 3.97. The first-order chi connectivity index (χ1) is 16.0. The van der Waals surface area contributed by atoms with E-state index in [0.29, 0.717) is 35.1 Å². The van der Waals surface area contributed by atoms with Crippen LogP contribution in [0.1, 0.15) is 49.3 Å². The molecule has 2 nitrogen and oxygen atoms in total. The largest absolute Gasteiger partial charge is 0.352 e. The van der Waals surface area contributed by atoms with Gasteiger partial charge in [0, 0.05) is 17.9 Å². The Hall–Kier alpha value is -2.81. The van der Waals surface area contributed by atoms with Crippen molar-refractivity contribution in [3.8, 4) is 11.8 Å². The van der Waals surface area contributed by atoms with Crippen molar-refractivity contribution in [2.75, 3.05) is 13.2 Å². The highest BCUT2D eigenvalue weighted by Crippen LogP contribution is 2.22. The molecule has 0 spiro atoms.